The topological polar surface area (TPSA) is 167 Å². The molecule has 14 nitrogen and oxygen atoms in total. The molecule has 4 heterocycles. The Labute approximate surface area is 404 Å². The maximum Gasteiger partial charge on any atom is 0.461 e. The zero-order valence-corrected chi connectivity index (χ0v) is 42.4. The molecule has 2 aliphatic heterocycles. The van der Waals surface area contributed by atoms with E-state index in [0.29, 0.717) is 49.4 Å². The Morgan fingerprint density at radius 2 is 1.16 bits per heavy atom. The third-order valence-corrected chi connectivity index (χ3v) is 21.1. The van der Waals surface area contributed by atoms with E-state index in [9.17, 15) is 26.0 Å². The number of hydrogen-bond acceptors (Lipinski definition) is 10. The van der Waals surface area contributed by atoms with Crippen molar-refractivity contribution in [2.24, 2.45) is 0 Å². The van der Waals surface area contributed by atoms with Gasteiger partial charge in [-0.2, -0.15) is 4.67 Å². The summed E-state index contributed by atoms with van der Waals surface area (Å²) < 4.78 is 110. The van der Waals surface area contributed by atoms with Gasteiger partial charge in [-0.15, -0.1) is 0 Å². The van der Waals surface area contributed by atoms with E-state index in [4.69, 9.17) is 18.1 Å². The van der Waals surface area contributed by atoms with Crippen molar-refractivity contribution in [2.75, 3.05) is 45.9 Å². The molecule has 9 rings (SSSR count). The predicted octanol–water partition coefficient (Wildman–Crippen LogP) is 10.4. The van der Waals surface area contributed by atoms with Crippen molar-refractivity contribution < 1.29 is 44.1 Å². The summed E-state index contributed by atoms with van der Waals surface area (Å²) in [6.45, 7) is 1.08. The number of hydrogen-bond donors (Lipinski definition) is 1. The molecule has 0 amide bonds. The Bertz CT molecular complexity index is 3270. The molecular formula is C51H58N4O10P2S2. The number of H-pyrrole nitrogens is 1. The van der Waals surface area contributed by atoms with Crippen molar-refractivity contribution in [1.82, 2.24) is 18.9 Å². The van der Waals surface area contributed by atoms with Crippen LogP contribution >= 0.6 is 15.5 Å². The molecular weight excluding hydrogens is 955 g/mol. The molecule has 0 saturated carbocycles. The fourth-order valence-corrected chi connectivity index (χ4v) is 15.9. The van der Waals surface area contributed by atoms with Crippen LogP contribution < -0.4 is 4.52 Å². The predicted molar refractivity (Wildman–Crippen MR) is 270 cm³/mol. The van der Waals surface area contributed by atoms with E-state index in [1.165, 1.54) is 21.3 Å². The van der Waals surface area contributed by atoms with Crippen LogP contribution in [0.25, 0.3) is 27.5 Å². The highest BCUT2D eigenvalue weighted by Gasteiger charge is 2.43. The summed E-state index contributed by atoms with van der Waals surface area (Å²) in [5.74, 6) is 0.302. The van der Waals surface area contributed by atoms with Crippen LogP contribution in [0.15, 0.2) is 144 Å². The van der Waals surface area contributed by atoms with Gasteiger partial charge in [0.25, 0.3) is 0 Å². The molecule has 1 N–H and O–H groups in total. The maximum absolute atomic E-state index is 14.9. The van der Waals surface area contributed by atoms with Gasteiger partial charge in [0.2, 0.25) is 0 Å². The maximum atomic E-state index is 14.9. The van der Waals surface area contributed by atoms with Gasteiger partial charge in [0.1, 0.15) is 5.75 Å². The van der Waals surface area contributed by atoms with Crippen LogP contribution in [-0.2, 0) is 68.1 Å². The lowest BCUT2D eigenvalue weighted by atomic mass is 10.0. The number of aromatic nitrogens is 2. The summed E-state index contributed by atoms with van der Waals surface area (Å²) in [5.41, 5.74) is 6.34. The summed E-state index contributed by atoms with van der Waals surface area (Å²) >= 11 is 0. The van der Waals surface area contributed by atoms with Crippen molar-refractivity contribution in [2.45, 2.75) is 73.2 Å². The van der Waals surface area contributed by atoms with Crippen LogP contribution in [0.1, 0.15) is 47.9 Å². The van der Waals surface area contributed by atoms with Crippen molar-refractivity contribution in [3.05, 3.63) is 156 Å². The average Bonchev–Trinajstić information content (AvgIpc) is 4.21. The van der Waals surface area contributed by atoms with Crippen LogP contribution in [0.2, 0.25) is 0 Å². The first-order chi connectivity index (χ1) is 33.2. The molecule has 5 aromatic carbocycles. The molecule has 0 spiro atoms. The zero-order valence-electron chi connectivity index (χ0n) is 39.0. The van der Waals surface area contributed by atoms with E-state index in [1.807, 2.05) is 74.7 Å². The minimum absolute atomic E-state index is 0.00613. The first-order valence-electron chi connectivity index (χ1n) is 23.2. The van der Waals surface area contributed by atoms with Crippen molar-refractivity contribution >= 4 is 57.0 Å². The Morgan fingerprint density at radius 1 is 0.609 bits per heavy atom. The van der Waals surface area contributed by atoms with E-state index in [-0.39, 0.29) is 28.5 Å². The Morgan fingerprint density at radius 3 is 1.75 bits per heavy atom. The van der Waals surface area contributed by atoms with Gasteiger partial charge >= 0.3 is 15.5 Å². The smallest absolute Gasteiger partial charge is 0.413 e. The largest absolute Gasteiger partial charge is 0.461 e. The first kappa shape index (κ1) is 49.1. The zero-order chi connectivity index (χ0) is 48.4. The molecule has 2 aliphatic rings. The van der Waals surface area contributed by atoms with Crippen LogP contribution in [0.3, 0.4) is 0 Å². The van der Waals surface area contributed by atoms with E-state index in [0.717, 1.165) is 75.4 Å². The second-order valence-corrected chi connectivity index (χ2v) is 26.1. The third kappa shape index (κ3) is 10.5. The monoisotopic (exact) mass is 1010 g/mol. The van der Waals surface area contributed by atoms with Gasteiger partial charge in [0, 0.05) is 86.9 Å². The fraction of sp³-hybridized carbons (Fsp3) is 0.333. The average molecular weight is 1010 g/mol. The lowest BCUT2D eigenvalue weighted by molar-refractivity contribution is 0.201. The number of fused-ring (bicyclic) bond motifs is 2. The number of benzene rings is 5. The lowest BCUT2D eigenvalue weighted by Gasteiger charge is -2.30. The SMILES string of the molecule is COP(=O)(OC)N1CCCC1Cc1cn(-c2cccc(OP(=O)(OC)N3CCCC3Cc3c[nH]c4ccc(CCS(=O)(=O)c5ccccc5)cc34)c2)c2ccc(CCS(=O)(=O)c3ccccc3)cc12. The number of nitrogens with one attached hydrogen (secondary N) is 1. The highest BCUT2D eigenvalue weighted by molar-refractivity contribution is 7.91. The standard InChI is InChI=1S/C51H58N4O10P2S2/c1-62-66(56,63-2)54-27-11-15-44(54)34-41-37-53(51-24-22-39(32-49(41)51)26-30-69(60,61)47-19-8-5-9-20-47)42-13-10-16-45(35-42)65-67(57,64-3)55-28-12-14-43(55)33-40-36-52-50-23-21-38(31-48(40)50)25-29-68(58,59)46-17-6-4-7-18-46/h4-10,13,16-24,31-32,35-37,43-44,52H,11-12,14-15,25-30,33-34H2,1-3H3. The lowest BCUT2D eigenvalue weighted by Crippen LogP contribution is -2.30. The van der Waals surface area contributed by atoms with Crippen LogP contribution in [0, 0.1) is 0 Å². The highest BCUT2D eigenvalue weighted by Crippen LogP contribution is 2.56. The van der Waals surface area contributed by atoms with Crippen LogP contribution in [0.4, 0.5) is 0 Å². The second-order valence-electron chi connectivity index (χ2n) is 17.7. The molecule has 0 aliphatic carbocycles. The van der Waals surface area contributed by atoms with Gasteiger partial charge in [-0.1, -0.05) is 54.6 Å². The van der Waals surface area contributed by atoms with E-state index >= 15 is 0 Å². The van der Waals surface area contributed by atoms with E-state index < -0.39 is 35.2 Å². The van der Waals surface area contributed by atoms with Gasteiger partial charge in [-0.25, -0.2) is 30.6 Å². The van der Waals surface area contributed by atoms with Gasteiger partial charge < -0.3 is 14.1 Å². The molecule has 7 aromatic rings. The van der Waals surface area contributed by atoms with Gasteiger partial charge in [0.05, 0.1) is 26.8 Å². The van der Waals surface area contributed by atoms with Crippen LogP contribution in [0.5, 0.6) is 5.75 Å². The van der Waals surface area contributed by atoms with Gasteiger partial charge in [-0.05, 0) is 134 Å². The quantitative estimate of drug-likeness (QED) is 0.0719. The van der Waals surface area contributed by atoms with Crippen LogP contribution in [-0.4, -0.2) is 93.7 Å². The van der Waals surface area contributed by atoms with Crippen molar-refractivity contribution in [3.63, 3.8) is 0 Å². The Balaban J connectivity index is 0.966. The molecule has 18 heteroatoms. The minimum Gasteiger partial charge on any atom is -0.413 e. The number of aryl methyl sites for hydroxylation is 2. The first-order valence-corrected chi connectivity index (χ1v) is 29.5. The molecule has 2 saturated heterocycles. The van der Waals surface area contributed by atoms with E-state index in [1.54, 1.807) is 66.7 Å². The number of nitrogens with zero attached hydrogens (tertiary/aromatic N) is 3. The molecule has 364 valence electrons. The summed E-state index contributed by atoms with van der Waals surface area (Å²) in [6, 6.07) is 36.1. The molecule has 0 radical (unpaired) electrons. The van der Waals surface area contributed by atoms with Gasteiger partial charge in [-0.3, -0.25) is 13.6 Å². The Hall–Kier alpha value is -4.86. The summed E-state index contributed by atoms with van der Waals surface area (Å²) in [7, 11) is -10.1. The van der Waals surface area contributed by atoms with Crippen molar-refractivity contribution in [3.8, 4) is 11.4 Å². The second kappa shape index (κ2) is 20.5. The van der Waals surface area contributed by atoms with Crippen molar-refractivity contribution in [1.29, 1.82) is 0 Å². The number of sulfone groups is 2. The fourth-order valence-electron chi connectivity index (χ4n) is 9.93. The molecule has 0 bridgehead atoms. The summed E-state index contributed by atoms with van der Waals surface area (Å²) in [4.78, 5) is 3.97. The summed E-state index contributed by atoms with van der Waals surface area (Å²) in [6.07, 6.45) is 8.99. The third-order valence-electron chi connectivity index (χ3n) is 13.5. The number of rotatable bonds is 20. The van der Waals surface area contributed by atoms with Gasteiger partial charge in [0.15, 0.2) is 19.7 Å². The highest BCUT2D eigenvalue weighted by atomic mass is 32.2. The minimum atomic E-state index is -3.88. The number of aromatic amines is 1. The molecule has 2 fully saturated rings. The van der Waals surface area contributed by atoms with E-state index in [2.05, 4.69) is 11.2 Å². The molecule has 2 aromatic heterocycles. The Kier molecular flexibility index (Phi) is 14.6. The normalized spacial score (nSPS) is 18.3. The molecule has 3 unspecified atom stereocenters. The molecule has 69 heavy (non-hydrogen) atoms. The summed E-state index contributed by atoms with van der Waals surface area (Å²) in [5, 5.41) is 1.92. The molecule has 3 atom stereocenters.